The highest BCUT2D eigenvalue weighted by atomic mass is 32.2. The van der Waals surface area contributed by atoms with Crippen molar-refractivity contribution in [3.8, 4) is 0 Å². The zero-order valence-electron chi connectivity index (χ0n) is 9.88. The molecule has 90 valence electrons. The first-order valence-electron chi connectivity index (χ1n) is 5.52. The highest BCUT2D eigenvalue weighted by molar-refractivity contribution is 8.01. The summed E-state index contributed by atoms with van der Waals surface area (Å²) in [6.07, 6.45) is 0.960. The Morgan fingerprint density at radius 3 is 2.53 bits per heavy atom. The molecule has 0 unspecified atom stereocenters. The molecule has 0 fully saturated rings. The average Bonchev–Trinajstić information content (AvgIpc) is 2.75. The maximum Gasteiger partial charge on any atom is 0.179 e. The summed E-state index contributed by atoms with van der Waals surface area (Å²) in [6.45, 7) is 4.06. The molecule has 1 heterocycles. The van der Waals surface area contributed by atoms with E-state index in [0.29, 0.717) is 0 Å². The topological polar surface area (TPSA) is 51.8 Å². The molecule has 0 aliphatic heterocycles. The first-order chi connectivity index (χ1) is 8.19. The lowest BCUT2D eigenvalue weighted by atomic mass is 10.1. The van der Waals surface area contributed by atoms with Crippen molar-refractivity contribution in [2.24, 2.45) is 5.73 Å². The summed E-state index contributed by atoms with van der Waals surface area (Å²) in [4.78, 5) is 1.17. The van der Waals surface area contributed by atoms with Crippen LogP contribution in [0.2, 0.25) is 0 Å². The standard InChI is InChI=1S/C12H15N3S2/c1-3-11(13)9-4-6-10(7-5-9)17-12-15-14-8(2)16-12/h4-7,11H,3,13H2,1-2H3/t11-/m1/s1. The normalized spacial score (nSPS) is 12.6. The van der Waals surface area contributed by atoms with Gasteiger partial charge in [0.25, 0.3) is 0 Å². The van der Waals surface area contributed by atoms with Crippen molar-refractivity contribution >= 4 is 23.1 Å². The first kappa shape index (κ1) is 12.5. The number of hydrogen-bond acceptors (Lipinski definition) is 5. The Kier molecular flexibility index (Phi) is 4.15. The van der Waals surface area contributed by atoms with E-state index < -0.39 is 0 Å². The van der Waals surface area contributed by atoms with Crippen LogP contribution < -0.4 is 5.73 Å². The Balaban J connectivity index is 2.08. The van der Waals surface area contributed by atoms with Crippen LogP contribution in [-0.2, 0) is 0 Å². The summed E-state index contributed by atoms with van der Waals surface area (Å²) in [5.41, 5.74) is 7.16. The minimum Gasteiger partial charge on any atom is -0.324 e. The highest BCUT2D eigenvalue weighted by Crippen LogP contribution is 2.30. The molecule has 0 bridgehead atoms. The molecule has 2 rings (SSSR count). The van der Waals surface area contributed by atoms with Gasteiger partial charge in [0, 0.05) is 10.9 Å². The molecule has 5 heteroatoms. The maximum atomic E-state index is 5.97. The van der Waals surface area contributed by atoms with Gasteiger partial charge in [0.15, 0.2) is 4.34 Å². The molecule has 0 aliphatic carbocycles. The number of hydrogen-bond donors (Lipinski definition) is 1. The molecular formula is C12H15N3S2. The Morgan fingerprint density at radius 1 is 1.29 bits per heavy atom. The number of aryl methyl sites for hydroxylation is 1. The van der Waals surface area contributed by atoms with Crippen molar-refractivity contribution < 1.29 is 0 Å². The summed E-state index contributed by atoms with van der Waals surface area (Å²) in [5, 5.41) is 9.09. The molecule has 0 aliphatic rings. The van der Waals surface area contributed by atoms with Gasteiger partial charge >= 0.3 is 0 Å². The van der Waals surface area contributed by atoms with Crippen LogP contribution in [0.5, 0.6) is 0 Å². The molecule has 0 spiro atoms. The van der Waals surface area contributed by atoms with Crippen LogP contribution in [0.1, 0.15) is 30.0 Å². The molecule has 0 amide bonds. The van der Waals surface area contributed by atoms with E-state index in [9.17, 15) is 0 Å². The molecule has 0 radical (unpaired) electrons. The third-order valence-corrected chi connectivity index (χ3v) is 4.36. The summed E-state index contributed by atoms with van der Waals surface area (Å²) in [7, 11) is 0. The zero-order chi connectivity index (χ0) is 12.3. The van der Waals surface area contributed by atoms with Crippen molar-refractivity contribution in [3.63, 3.8) is 0 Å². The second-order valence-corrected chi connectivity index (χ2v) is 6.28. The summed E-state index contributed by atoms with van der Waals surface area (Å²) < 4.78 is 0.982. The van der Waals surface area contributed by atoms with Crippen LogP contribution in [0.3, 0.4) is 0 Å². The van der Waals surface area contributed by atoms with Gasteiger partial charge in [-0.2, -0.15) is 0 Å². The molecule has 2 aromatic rings. The van der Waals surface area contributed by atoms with E-state index in [4.69, 9.17) is 5.73 Å². The van der Waals surface area contributed by atoms with Gasteiger partial charge in [0.2, 0.25) is 0 Å². The van der Waals surface area contributed by atoms with Gasteiger partial charge in [0.1, 0.15) is 5.01 Å². The minimum absolute atomic E-state index is 0.137. The predicted octanol–water partition coefficient (Wildman–Crippen LogP) is 3.41. The predicted molar refractivity (Wildman–Crippen MR) is 72.4 cm³/mol. The third-order valence-electron chi connectivity index (χ3n) is 2.46. The summed E-state index contributed by atoms with van der Waals surface area (Å²) >= 11 is 3.25. The minimum atomic E-state index is 0.137. The lowest BCUT2D eigenvalue weighted by Crippen LogP contribution is -2.07. The number of rotatable bonds is 4. The largest absolute Gasteiger partial charge is 0.324 e. The molecular weight excluding hydrogens is 250 g/mol. The second-order valence-electron chi connectivity index (χ2n) is 3.77. The van der Waals surface area contributed by atoms with Crippen molar-refractivity contribution in [3.05, 3.63) is 34.8 Å². The van der Waals surface area contributed by atoms with E-state index in [2.05, 4.69) is 41.4 Å². The van der Waals surface area contributed by atoms with Crippen molar-refractivity contribution in [2.45, 2.75) is 35.5 Å². The molecule has 17 heavy (non-hydrogen) atoms. The van der Waals surface area contributed by atoms with Crippen molar-refractivity contribution in [2.75, 3.05) is 0 Å². The highest BCUT2D eigenvalue weighted by Gasteiger charge is 2.05. The van der Waals surface area contributed by atoms with Gasteiger partial charge < -0.3 is 5.73 Å². The molecule has 1 aromatic carbocycles. The van der Waals surface area contributed by atoms with E-state index in [1.165, 1.54) is 10.5 Å². The number of benzene rings is 1. The van der Waals surface area contributed by atoms with Crippen LogP contribution in [0, 0.1) is 6.92 Å². The first-order valence-corrected chi connectivity index (χ1v) is 7.16. The Morgan fingerprint density at radius 2 is 2.00 bits per heavy atom. The number of nitrogens with zero attached hydrogens (tertiary/aromatic N) is 2. The van der Waals surface area contributed by atoms with Crippen molar-refractivity contribution in [1.82, 2.24) is 10.2 Å². The van der Waals surface area contributed by atoms with Crippen molar-refractivity contribution in [1.29, 1.82) is 0 Å². The lowest BCUT2D eigenvalue weighted by Gasteiger charge is -2.09. The zero-order valence-corrected chi connectivity index (χ0v) is 11.5. The van der Waals surface area contributed by atoms with Gasteiger partial charge in [-0.25, -0.2) is 0 Å². The van der Waals surface area contributed by atoms with E-state index >= 15 is 0 Å². The third kappa shape index (κ3) is 3.28. The summed E-state index contributed by atoms with van der Waals surface area (Å²) in [5.74, 6) is 0. The van der Waals surface area contributed by atoms with Gasteiger partial charge in [0.05, 0.1) is 0 Å². The average molecular weight is 265 g/mol. The van der Waals surface area contributed by atoms with E-state index in [1.54, 1.807) is 23.1 Å². The van der Waals surface area contributed by atoms with Crippen LogP contribution >= 0.6 is 23.1 Å². The van der Waals surface area contributed by atoms with Crippen LogP contribution in [0.15, 0.2) is 33.5 Å². The smallest absolute Gasteiger partial charge is 0.179 e. The van der Waals surface area contributed by atoms with Crippen LogP contribution in [0.25, 0.3) is 0 Å². The monoisotopic (exact) mass is 265 g/mol. The summed E-state index contributed by atoms with van der Waals surface area (Å²) in [6, 6.07) is 8.49. The second kappa shape index (κ2) is 5.62. The SMILES string of the molecule is CC[C@@H](N)c1ccc(Sc2nnc(C)s2)cc1. The fourth-order valence-electron chi connectivity index (χ4n) is 1.44. The van der Waals surface area contributed by atoms with Crippen LogP contribution in [-0.4, -0.2) is 10.2 Å². The van der Waals surface area contributed by atoms with Gasteiger partial charge in [-0.15, -0.1) is 10.2 Å². The Labute approximate surface area is 109 Å². The quantitative estimate of drug-likeness (QED) is 0.920. The van der Waals surface area contributed by atoms with Gasteiger partial charge in [-0.1, -0.05) is 42.2 Å². The lowest BCUT2D eigenvalue weighted by molar-refractivity contribution is 0.698. The van der Waals surface area contributed by atoms with E-state index in [-0.39, 0.29) is 6.04 Å². The van der Waals surface area contributed by atoms with Gasteiger partial charge in [-0.3, -0.25) is 0 Å². The fraction of sp³-hybridized carbons (Fsp3) is 0.333. The molecule has 2 N–H and O–H groups in total. The maximum absolute atomic E-state index is 5.97. The van der Waals surface area contributed by atoms with Gasteiger partial charge in [-0.05, 0) is 31.0 Å². The molecule has 1 atom stereocenters. The van der Waals surface area contributed by atoms with Crippen LogP contribution in [0.4, 0.5) is 0 Å². The molecule has 1 aromatic heterocycles. The van der Waals surface area contributed by atoms with E-state index in [0.717, 1.165) is 15.8 Å². The molecule has 0 saturated carbocycles. The van der Waals surface area contributed by atoms with E-state index in [1.807, 2.05) is 6.92 Å². The number of nitrogens with two attached hydrogens (primary N) is 1. The Hall–Kier alpha value is -0.910. The number of aromatic nitrogens is 2. The molecule has 3 nitrogen and oxygen atoms in total. The molecule has 0 saturated heterocycles. The Bertz CT molecular complexity index is 479. The fourth-order valence-corrected chi connectivity index (χ4v) is 3.23.